The molecular formula is C20H22ClFN5O2+. The van der Waals surface area contributed by atoms with E-state index < -0.39 is 5.82 Å². The normalized spacial score (nSPS) is 11.9. The SMILES string of the molecule is CC[NH+](CC(=O)Nc1cc(Cl)ccc1-n1cncn1)Cc1ccc(OC)c(F)c1. The van der Waals surface area contributed by atoms with Gasteiger partial charge in [0, 0.05) is 10.6 Å². The van der Waals surface area contributed by atoms with E-state index in [0.29, 0.717) is 29.5 Å². The van der Waals surface area contributed by atoms with Gasteiger partial charge in [-0.15, -0.1) is 0 Å². The number of nitrogens with zero attached hydrogens (tertiary/aromatic N) is 3. The van der Waals surface area contributed by atoms with Crippen LogP contribution in [0, 0.1) is 5.82 Å². The first-order valence-corrected chi connectivity index (χ1v) is 9.48. The second-order valence-corrected chi connectivity index (χ2v) is 6.91. The Morgan fingerprint density at radius 2 is 2.14 bits per heavy atom. The number of carbonyl (C=O) groups is 1. The van der Waals surface area contributed by atoms with Gasteiger partial charge in [0.1, 0.15) is 19.2 Å². The maximum Gasteiger partial charge on any atom is 0.279 e. The Morgan fingerprint density at radius 1 is 1.31 bits per heavy atom. The van der Waals surface area contributed by atoms with Crippen LogP contribution in [0.2, 0.25) is 5.02 Å². The molecular weight excluding hydrogens is 397 g/mol. The van der Waals surface area contributed by atoms with E-state index in [2.05, 4.69) is 15.4 Å². The molecule has 3 rings (SSSR count). The minimum atomic E-state index is -0.415. The largest absolute Gasteiger partial charge is 0.494 e. The van der Waals surface area contributed by atoms with Crippen LogP contribution in [0.5, 0.6) is 5.75 Å². The van der Waals surface area contributed by atoms with Crippen LogP contribution in [0.4, 0.5) is 10.1 Å². The van der Waals surface area contributed by atoms with E-state index in [1.165, 1.54) is 19.5 Å². The molecule has 7 nitrogen and oxygen atoms in total. The van der Waals surface area contributed by atoms with Crippen molar-refractivity contribution in [1.29, 1.82) is 0 Å². The van der Waals surface area contributed by atoms with Crippen molar-refractivity contribution in [3.8, 4) is 11.4 Å². The summed E-state index contributed by atoms with van der Waals surface area (Å²) in [4.78, 5) is 17.6. The van der Waals surface area contributed by atoms with Crippen LogP contribution in [0.3, 0.4) is 0 Å². The quantitative estimate of drug-likeness (QED) is 0.587. The summed E-state index contributed by atoms with van der Waals surface area (Å²) in [6, 6.07) is 9.98. The first kappa shape index (κ1) is 20.8. The highest BCUT2D eigenvalue weighted by Gasteiger charge is 2.17. The lowest BCUT2D eigenvalue weighted by Crippen LogP contribution is -3.11. The average molecular weight is 419 g/mol. The molecule has 9 heteroatoms. The molecule has 0 aliphatic carbocycles. The van der Waals surface area contributed by atoms with Gasteiger partial charge in [0.15, 0.2) is 18.1 Å². The van der Waals surface area contributed by atoms with Gasteiger partial charge in [-0.3, -0.25) is 4.79 Å². The van der Waals surface area contributed by atoms with Crippen molar-refractivity contribution >= 4 is 23.2 Å². The number of anilines is 1. The predicted octanol–water partition coefficient (Wildman–Crippen LogP) is 2.11. The topological polar surface area (TPSA) is 73.5 Å². The Kier molecular flexibility index (Phi) is 6.79. The molecule has 1 atom stereocenters. The first-order valence-electron chi connectivity index (χ1n) is 9.10. The lowest BCUT2D eigenvalue weighted by Gasteiger charge is -2.18. The Bertz CT molecular complexity index is 981. The fraction of sp³-hybridized carbons (Fsp3) is 0.250. The lowest BCUT2D eigenvalue weighted by atomic mass is 10.2. The number of hydrogen-bond donors (Lipinski definition) is 2. The van der Waals surface area contributed by atoms with E-state index in [4.69, 9.17) is 16.3 Å². The fourth-order valence-electron chi connectivity index (χ4n) is 2.98. The molecule has 0 fully saturated rings. The standard InChI is InChI=1S/C20H21ClFN5O2/c1-3-26(10-14-4-7-19(29-2)16(22)8-14)11-20(28)25-17-9-15(21)5-6-18(17)27-13-23-12-24-27/h4-9,12-13H,3,10-11H2,1-2H3,(H,25,28)/p+1. The molecule has 0 aliphatic heterocycles. The van der Waals surface area contributed by atoms with Crippen molar-refractivity contribution in [3.63, 3.8) is 0 Å². The van der Waals surface area contributed by atoms with Crippen LogP contribution in [-0.4, -0.2) is 40.9 Å². The van der Waals surface area contributed by atoms with Gasteiger partial charge in [0.05, 0.1) is 25.0 Å². The molecule has 1 aromatic heterocycles. The van der Waals surface area contributed by atoms with Gasteiger partial charge < -0.3 is 15.0 Å². The molecule has 0 spiro atoms. The summed E-state index contributed by atoms with van der Waals surface area (Å²) in [6.07, 6.45) is 2.96. The summed E-state index contributed by atoms with van der Waals surface area (Å²) in [5, 5.41) is 7.49. The number of likely N-dealkylation sites (N-methyl/N-ethyl adjacent to an activating group) is 1. The minimum absolute atomic E-state index is 0.181. The molecule has 29 heavy (non-hydrogen) atoms. The fourth-order valence-corrected chi connectivity index (χ4v) is 3.16. The summed E-state index contributed by atoms with van der Waals surface area (Å²) < 4.78 is 20.4. The van der Waals surface area contributed by atoms with Gasteiger partial charge in [0.25, 0.3) is 5.91 Å². The number of benzene rings is 2. The van der Waals surface area contributed by atoms with Crippen molar-refractivity contribution < 1.29 is 18.8 Å². The first-order chi connectivity index (χ1) is 14.0. The van der Waals surface area contributed by atoms with Gasteiger partial charge in [-0.25, -0.2) is 14.1 Å². The number of halogens is 2. The molecule has 0 bridgehead atoms. The second-order valence-electron chi connectivity index (χ2n) is 6.48. The van der Waals surface area contributed by atoms with Gasteiger partial charge in [-0.05, 0) is 43.3 Å². The Hall–Kier alpha value is -2.97. The highest BCUT2D eigenvalue weighted by atomic mass is 35.5. The van der Waals surface area contributed by atoms with Gasteiger partial charge >= 0.3 is 0 Å². The lowest BCUT2D eigenvalue weighted by molar-refractivity contribution is -0.903. The van der Waals surface area contributed by atoms with Crippen molar-refractivity contribution in [2.24, 2.45) is 0 Å². The zero-order valence-electron chi connectivity index (χ0n) is 16.2. The van der Waals surface area contributed by atoms with Crippen LogP contribution in [-0.2, 0) is 11.3 Å². The van der Waals surface area contributed by atoms with Gasteiger partial charge in [0.2, 0.25) is 0 Å². The highest BCUT2D eigenvalue weighted by Crippen LogP contribution is 2.23. The average Bonchev–Trinajstić information content (AvgIpc) is 3.22. The molecule has 1 heterocycles. The van der Waals surface area contributed by atoms with Crippen molar-refractivity contribution in [1.82, 2.24) is 14.8 Å². The van der Waals surface area contributed by atoms with Crippen LogP contribution < -0.4 is 15.0 Å². The molecule has 0 radical (unpaired) electrons. The molecule has 2 N–H and O–H groups in total. The molecule has 0 saturated carbocycles. The number of nitrogens with one attached hydrogen (secondary N) is 2. The van der Waals surface area contributed by atoms with Crippen LogP contribution in [0.25, 0.3) is 5.69 Å². The summed E-state index contributed by atoms with van der Waals surface area (Å²) >= 11 is 6.09. The van der Waals surface area contributed by atoms with Crippen molar-refractivity contribution in [2.45, 2.75) is 13.5 Å². The second kappa shape index (κ2) is 9.49. The van der Waals surface area contributed by atoms with E-state index in [9.17, 15) is 9.18 Å². The molecule has 0 saturated heterocycles. The van der Waals surface area contributed by atoms with E-state index in [1.54, 1.807) is 41.3 Å². The summed E-state index contributed by atoms with van der Waals surface area (Å²) in [5.74, 6) is -0.396. The number of quaternary nitrogens is 1. The molecule has 3 aromatic rings. The van der Waals surface area contributed by atoms with Gasteiger partial charge in [-0.1, -0.05) is 11.6 Å². The van der Waals surface area contributed by atoms with E-state index in [0.717, 1.165) is 10.5 Å². The number of amides is 1. The third-order valence-corrected chi connectivity index (χ3v) is 4.71. The van der Waals surface area contributed by atoms with Gasteiger partial charge in [-0.2, -0.15) is 5.10 Å². The molecule has 1 amide bonds. The Morgan fingerprint density at radius 3 is 2.79 bits per heavy atom. The van der Waals surface area contributed by atoms with E-state index >= 15 is 0 Å². The zero-order chi connectivity index (χ0) is 20.8. The number of carbonyl (C=O) groups excluding carboxylic acids is 1. The van der Waals surface area contributed by atoms with Crippen LogP contribution in [0.1, 0.15) is 12.5 Å². The highest BCUT2D eigenvalue weighted by molar-refractivity contribution is 6.31. The summed E-state index contributed by atoms with van der Waals surface area (Å²) in [7, 11) is 1.43. The third kappa shape index (κ3) is 5.30. The molecule has 0 aliphatic rings. The van der Waals surface area contributed by atoms with E-state index in [-0.39, 0.29) is 18.2 Å². The summed E-state index contributed by atoms with van der Waals surface area (Å²) in [5.41, 5.74) is 1.99. The van der Waals surface area contributed by atoms with Crippen LogP contribution >= 0.6 is 11.6 Å². The number of methoxy groups -OCH3 is 1. The third-order valence-electron chi connectivity index (χ3n) is 4.48. The Balaban J connectivity index is 1.69. The summed E-state index contributed by atoms with van der Waals surface area (Å²) in [6.45, 7) is 3.40. The van der Waals surface area contributed by atoms with Crippen molar-refractivity contribution in [2.75, 3.05) is 25.5 Å². The van der Waals surface area contributed by atoms with Crippen LogP contribution in [0.15, 0.2) is 49.1 Å². The maximum atomic E-state index is 13.9. The Labute approximate surface area is 173 Å². The van der Waals surface area contributed by atoms with Crippen molar-refractivity contribution in [3.05, 3.63) is 65.5 Å². The number of rotatable bonds is 8. The molecule has 152 valence electrons. The predicted molar refractivity (Wildman–Crippen MR) is 108 cm³/mol. The number of hydrogen-bond acceptors (Lipinski definition) is 4. The number of aromatic nitrogens is 3. The molecule has 1 unspecified atom stereocenters. The molecule has 2 aromatic carbocycles. The smallest absolute Gasteiger partial charge is 0.279 e. The maximum absolute atomic E-state index is 13.9. The number of ether oxygens (including phenoxy) is 1. The minimum Gasteiger partial charge on any atom is -0.494 e. The zero-order valence-corrected chi connectivity index (χ0v) is 16.9. The monoisotopic (exact) mass is 418 g/mol. The van der Waals surface area contributed by atoms with E-state index in [1.807, 2.05) is 6.92 Å².